The van der Waals surface area contributed by atoms with Crippen molar-refractivity contribution in [2.24, 2.45) is 0 Å². The van der Waals surface area contributed by atoms with E-state index in [-0.39, 0.29) is 12.5 Å². The van der Waals surface area contributed by atoms with Crippen LogP contribution in [-0.4, -0.2) is 50.8 Å². The zero-order valence-corrected chi connectivity index (χ0v) is 11.9. The number of anilines is 2. The van der Waals surface area contributed by atoms with Crippen molar-refractivity contribution < 1.29 is 9.53 Å². The first kappa shape index (κ1) is 14.7. The van der Waals surface area contributed by atoms with Gasteiger partial charge in [0.15, 0.2) is 0 Å². The van der Waals surface area contributed by atoms with Crippen molar-refractivity contribution in [2.75, 3.05) is 50.1 Å². The molecule has 1 amide bonds. The maximum Gasteiger partial charge on any atom is 0.238 e. The van der Waals surface area contributed by atoms with Crippen LogP contribution >= 0.6 is 0 Å². The highest BCUT2D eigenvalue weighted by Gasteiger charge is 2.13. The summed E-state index contributed by atoms with van der Waals surface area (Å²) in [5.41, 5.74) is 0.728. The van der Waals surface area contributed by atoms with Gasteiger partial charge in [-0.05, 0) is 25.0 Å². The van der Waals surface area contributed by atoms with Crippen LogP contribution in [0, 0.1) is 0 Å². The number of ether oxygens (including phenoxy) is 1. The lowest BCUT2D eigenvalue weighted by Gasteiger charge is -2.16. The van der Waals surface area contributed by atoms with E-state index in [9.17, 15) is 4.79 Å². The molecule has 20 heavy (non-hydrogen) atoms. The number of nitrogens with one attached hydrogen (secondary N) is 2. The van der Waals surface area contributed by atoms with Crippen molar-refractivity contribution in [2.45, 2.75) is 12.8 Å². The number of rotatable bonds is 7. The molecule has 6 heteroatoms. The maximum atomic E-state index is 11.7. The molecule has 2 heterocycles. The molecule has 0 unspecified atom stereocenters. The summed E-state index contributed by atoms with van der Waals surface area (Å²) in [4.78, 5) is 18.3. The van der Waals surface area contributed by atoms with Crippen LogP contribution in [0.15, 0.2) is 18.3 Å². The fourth-order valence-electron chi connectivity index (χ4n) is 2.17. The predicted octanol–water partition coefficient (Wildman–Crippen LogP) is 0.856. The van der Waals surface area contributed by atoms with Gasteiger partial charge in [-0.1, -0.05) is 0 Å². The Bertz CT molecular complexity index is 416. The Hall–Kier alpha value is -1.66. The summed E-state index contributed by atoms with van der Waals surface area (Å²) in [5, 5.41) is 5.81. The minimum absolute atomic E-state index is 0.0724. The Labute approximate surface area is 119 Å². The molecule has 1 fully saturated rings. The fraction of sp³-hybridized carbons (Fsp3) is 0.571. The molecule has 1 aliphatic rings. The van der Waals surface area contributed by atoms with E-state index in [1.807, 2.05) is 12.1 Å². The molecule has 0 saturated carbocycles. The third kappa shape index (κ3) is 4.47. The van der Waals surface area contributed by atoms with E-state index in [4.69, 9.17) is 4.74 Å². The van der Waals surface area contributed by atoms with Crippen LogP contribution in [0.1, 0.15) is 12.8 Å². The molecule has 6 nitrogen and oxygen atoms in total. The largest absolute Gasteiger partial charge is 0.383 e. The van der Waals surface area contributed by atoms with Crippen molar-refractivity contribution in [3.63, 3.8) is 0 Å². The Balaban J connectivity index is 1.76. The molecule has 1 aliphatic heterocycles. The van der Waals surface area contributed by atoms with Gasteiger partial charge in [0, 0.05) is 26.7 Å². The van der Waals surface area contributed by atoms with E-state index in [1.165, 1.54) is 12.8 Å². The average Bonchev–Trinajstić information content (AvgIpc) is 2.99. The van der Waals surface area contributed by atoms with Crippen molar-refractivity contribution in [3.8, 4) is 0 Å². The Morgan fingerprint density at radius 2 is 2.20 bits per heavy atom. The summed E-state index contributed by atoms with van der Waals surface area (Å²) < 4.78 is 4.89. The third-order valence-corrected chi connectivity index (χ3v) is 3.23. The highest BCUT2D eigenvalue weighted by Crippen LogP contribution is 2.18. The summed E-state index contributed by atoms with van der Waals surface area (Å²) >= 11 is 0. The summed E-state index contributed by atoms with van der Waals surface area (Å²) in [7, 11) is 1.63. The molecule has 1 aromatic heterocycles. The molecule has 2 rings (SSSR count). The van der Waals surface area contributed by atoms with Crippen LogP contribution in [0.2, 0.25) is 0 Å². The highest BCUT2D eigenvalue weighted by atomic mass is 16.5. The van der Waals surface area contributed by atoms with Gasteiger partial charge < -0.3 is 20.3 Å². The van der Waals surface area contributed by atoms with Crippen LogP contribution in [0.5, 0.6) is 0 Å². The van der Waals surface area contributed by atoms with Crippen molar-refractivity contribution in [1.82, 2.24) is 10.3 Å². The fourth-order valence-corrected chi connectivity index (χ4v) is 2.17. The first-order chi connectivity index (χ1) is 9.79. The van der Waals surface area contributed by atoms with E-state index in [0.717, 1.165) is 24.6 Å². The highest BCUT2D eigenvalue weighted by molar-refractivity contribution is 5.92. The minimum Gasteiger partial charge on any atom is -0.383 e. The van der Waals surface area contributed by atoms with Gasteiger partial charge in [-0.2, -0.15) is 0 Å². The standard InChI is InChI=1S/C14H22N4O2/c1-20-9-6-15-11-14(19)17-12-4-5-13(16-10-12)18-7-2-3-8-18/h4-5,10,15H,2-3,6-9,11H2,1H3,(H,17,19). The second-order valence-electron chi connectivity index (χ2n) is 4.82. The molecule has 0 aromatic carbocycles. The average molecular weight is 278 g/mol. The lowest BCUT2D eigenvalue weighted by Crippen LogP contribution is -2.30. The topological polar surface area (TPSA) is 66.5 Å². The van der Waals surface area contributed by atoms with Crippen LogP contribution in [0.4, 0.5) is 11.5 Å². The summed E-state index contributed by atoms with van der Waals surface area (Å²) in [6, 6.07) is 3.85. The summed E-state index contributed by atoms with van der Waals surface area (Å²) in [6.07, 6.45) is 4.17. The van der Waals surface area contributed by atoms with E-state index < -0.39 is 0 Å². The molecule has 0 aliphatic carbocycles. The number of hydrogen-bond acceptors (Lipinski definition) is 5. The lowest BCUT2D eigenvalue weighted by atomic mass is 10.3. The van der Waals surface area contributed by atoms with Gasteiger partial charge in [0.1, 0.15) is 5.82 Å². The Morgan fingerprint density at radius 3 is 2.85 bits per heavy atom. The van der Waals surface area contributed by atoms with Crippen LogP contribution in [-0.2, 0) is 9.53 Å². The van der Waals surface area contributed by atoms with Crippen molar-refractivity contribution >= 4 is 17.4 Å². The van der Waals surface area contributed by atoms with E-state index in [0.29, 0.717) is 13.2 Å². The normalized spacial score (nSPS) is 14.6. The van der Waals surface area contributed by atoms with Crippen molar-refractivity contribution in [1.29, 1.82) is 0 Å². The van der Waals surface area contributed by atoms with Gasteiger partial charge in [0.2, 0.25) is 5.91 Å². The van der Waals surface area contributed by atoms with Gasteiger partial charge >= 0.3 is 0 Å². The second-order valence-corrected chi connectivity index (χ2v) is 4.82. The summed E-state index contributed by atoms with van der Waals surface area (Å²) in [6.45, 7) is 3.68. The first-order valence-electron chi connectivity index (χ1n) is 7.00. The lowest BCUT2D eigenvalue weighted by molar-refractivity contribution is -0.115. The van der Waals surface area contributed by atoms with Gasteiger partial charge in [-0.25, -0.2) is 4.98 Å². The minimum atomic E-state index is -0.0724. The van der Waals surface area contributed by atoms with E-state index in [1.54, 1.807) is 13.3 Å². The third-order valence-electron chi connectivity index (χ3n) is 3.23. The molecule has 1 aromatic rings. The van der Waals surface area contributed by atoms with Crippen LogP contribution in [0.3, 0.4) is 0 Å². The van der Waals surface area contributed by atoms with Crippen molar-refractivity contribution in [3.05, 3.63) is 18.3 Å². The zero-order chi connectivity index (χ0) is 14.2. The number of nitrogens with zero attached hydrogens (tertiary/aromatic N) is 2. The second kappa shape index (κ2) is 7.81. The first-order valence-corrected chi connectivity index (χ1v) is 7.00. The number of carbonyl (C=O) groups excluding carboxylic acids is 1. The van der Waals surface area contributed by atoms with Gasteiger partial charge in [0.05, 0.1) is 25.0 Å². The van der Waals surface area contributed by atoms with Gasteiger partial charge in [-0.15, -0.1) is 0 Å². The molecular weight excluding hydrogens is 256 g/mol. The molecule has 1 saturated heterocycles. The number of carbonyl (C=O) groups is 1. The number of pyridine rings is 1. The molecule has 0 atom stereocenters. The molecular formula is C14H22N4O2. The molecule has 0 bridgehead atoms. The number of aromatic nitrogens is 1. The van der Waals surface area contributed by atoms with Gasteiger partial charge in [0.25, 0.3) is 0 Å². The number of methoxy groups -OCH3 is 1. The maximum absolute atomic E-state index is 11.7. The Morgan fingerprint density at radius 1 is 1.40 bits per heavy atom. The molecule has 0 spiro atoms. The quantitative estimate of drug-likeness (QED) is 0.724. The number of amides is 1. The summed E-state index contributed by atoms with van der Waals surface area (Å²) in [5.74, 6) is 0.913. The van der Waals surface area contributed by atoms with E-state index in [2.05, 4.69) is 20.5 Å². The Kier molecular flexibility index (Phi) is 5.76. The molecule has 110 valence electrons. The number of hydrogen-bond donors (Lipinski definition) is 2. The van der Waals surface area contributed by atoms with Crippen LogP contribution in [0.25, 0.3) is 0 Å². The monoisotopic (exact) mass is 278 g/mol. The van der Waals surface area contributed by atoms with E-state index >= 15 is 0 Å². The predicted molar refractivity (Wildman–Crippen MR) is 79.1 cm³/mol. The van der Waals surface area contributed by atoms with Crippen LogP contribution < -0.4 is 15.5 Å². The zero-order valence-electron chi connectivity index (χ0n) is 11.9. The SMILES string of the molecule is COCCNCC(=O)Nc1ccc(N2CCCC2)nc1. The molecule has 0 radical (unpaired) electrons. The smallest absolute Gasteiger partial charge is 0.238 e. The molecule has 2 N–H and O–H groups in total. The van der Waals surface area contributed by atoms with Gasteiger partial charge in [-0.3, -0.25) is 4.79 Å².